The summed E-state index contributed by atoms with van der Waals surface area (Å²) in [7, 11) is 0. The second-order valence-electron chi connectivity index (χ2n) is 5.02. The van der Waals surface area contributed by atoms with Gasteiger partial charge in [0.25, 0.3) is 5.89 Å². The average molecular weight is 237 g/mol. The van der Waals surface area contributed by atoms with Crippen LogP contribution in [0.3, 0.4) is 0 Å². The number of likely N-dealkylation sites (tertiary alicyclic amines) is 1. The maximum atomic E-state index is 11.0. The molecule has 17 heavy (non-hydrogen) atoms. The van der Waals surface area contributed by atoms with E-state index in [4.69, 9.17) is 4.52 Å². The van der Waals surface area contributed by atoms with E-state index in [1.54, 1.807) is 0 Å². The quantitative estimate of drug-likeness (QED) is 0.743. The van der Waals surface area contributed by atoms with Gasteiger partial charge in [0.2, 0.25) is 5.78 Å². The standard InChI is InChI=1S/C12H19N3O2/c1-8(2)15-5-4-10(7-15)6-11-13-12(9(3)16)17-14-11/h8,10H,4-7H2,1-3H3. The van der Waals surface area contributed by atoms with Gasteiger partial charge in [-0.15, -0.1) is 0 Å². The molecule has 1 aromatic rings. The van der Waals surface area contributed by atoms with Gasteiger partial charge >= 0.3 is 0 Å². The number of ketones is 1. The van der Waals surface area contributed by atoms with Crippen LogP contribution in [0.1, 0.15) is 43.7 Å². The molecule has 1 aromatic heterocycles. The minimum Gasteiger partial charge on any atom is -0.331 e. The fraction of sp³-hybridized carbons (Fsp3) is 0.750. The Bertz CT molecular complexity index is 400. The SMILES string of the molecule is CC(=O)c1nc(CC2CCN(C(C)C)C2)no1. The van der Waals surface area contributed by atoms with Crippen LogP contribution in [0.4, 0.5) is 0 Å². The van der Waals surface area contributed by atoms with Gasteiger partial charge in [-0.25, -0.2) is 0 Å². The molecule has 1 unspecified atom stereocenters. The van der Waals surface area contributed by atoms with Gasteiger partial charge in [0.05, 0.1) is 0 Å². The van der Waals surface area contributed by atoms with Crippen LogP contribution in [0.2, 0.25) is 0 Å². The molecule has 94 valence electrons. The summed E-state index contributed by atoms with van der Waals surface area (Å²) in [5.74, 6) is 1.19. The Morgan fingerprint density at radius 1 is 1.59 bits per heavy atom. The largest absolute Gasteiger partial charge is 0.331 e. The van der Waals surface area contributed by atoms with Gasteiger partial charge in [0, 0.05) is 25.9 Å². The van der Waals surface area contributed by atoms with Gasteiger partial charge in [0.1, 0.15) is 0 Å². The molecule has 0 bridgehead atoms. The van der Waals surface area contributed by atoms with Gasteiger partial charge < -0.3 is 9.42 Å². The molecule has 2 rings (SSSR count). The van der Waals surface area contributed by atoms with E-state index in [2.05, 4.69) is 28.9 Å². The monoisotopic (exact) mass is 237 g/mol. The Morgan fingerprint density at radius 2 is 2.35 bits per heavy atom. The number of aromatic nitrogens is 2. The predicted molar refractivity (Wildman–Crippen MR) is 62.8 cm³/mol. The number of rotatable bonds is 4. The Kier molecular flexibility index (Phi) is 3.57. The topological polar surface area (TPSA) is 59.2 Å². The van der Waals surface area contributed by atoms with Crippen molar-refractivity contribution in [3.05, 3.63) is 11.7 Å². The minimum absolute atomic E-state index is 0.124. The molecule has 2 heterocycles. The molecule has 1 atom stereocenters. The van der Waals surface area contributed by atoms with Gasteiger partial charge in [-0.05, 0) is 32.7 Å². The summed E-state index contributed by atoms with van der Waals surface area (Å²) in [6.07, 6.45) is 1.97. The van der Waals surface area contributed by atoms with Crippen molar-refractivity contribution in [2.75, 3.05) is 13.1 Å². The maximum absolute atomic E-state index is 11.0. The fourth-order valence-corrected chi connectivity index (χ4v) is 2.24. The zero-order valence-corrected chi connectivity index (χ0v) is 10.6. The highest BCUT2D eigenvalue weighted by molar-refractivity contribution is 5.89. The zero-order chi connectivity index (χ0) is 12.4. The first-order valence-corrected chi connectivity index (χ1v) is 6.14. The first-order valence-electron chi connectivity index (χ1n) is 6.14. The molecule has 1 aliphatic heterocycles. The summed E-state index contributed by atoms with van der Waals surface area (Å²) in [5, 5.41) is 3.85. The summed E-state index contributed by atoms with van der Waals surface area (Å²) in [4.78, 5) is 17.6. The lowest BCUT2D eigenvalue weighted by Gasteiger charge is -2.19. The van der Waals surface area contributed by atoms with Gasteiger partial charge in [-0.3, -0.25) is 4.79 Å². The van der Waals surface area contributed by atoms with Crippen molar-refractivity contribution < 1.29 is 9.32 Å². The third-order valence-electron chi connectivity index (χ3n) is 3.29. The van der Waals surface area contributed by atoms with Crippen LogP contribution in [-0.4, -0.2) is 40.0 Å². The number of Topliss-reactive ketones (excluding diaryl/α,β-unsaturated/α-hetero) is 1. The van der Waals surface area contributed by atoms with E-state index in [1.165, 1.54) is 13.3 Å². The third kappa shape index (κ3) is 2.91. The van der Waals surface area contributed by atoms with E-state index < -0.39 is 0 Å². The summed E-state index contributed by atoms with van der Waals surface area (Å²) in [5.41, 5.74) is 0. The van der Waals surface area contributed by atoms with Crippen LogP contribution >= 0.6 is 0 Å². The molecular weight excluding hydrogens is 218 g/mol. The van der Waals surface area contributed by atoms with E-state index in [0.717, 1.165) is 19.5 Å². The number of hydrogen-bond donors (Lipinski definition) is 0. The average Bonchev–Trinajstić information content (AvgIpc) is 2.87. The van der Waals surface area contributed by atoms with E-state index in [9.17, 15) is 4.79 Å². The molecule has 0 spiro atoms. The predicted octanol–water partition coefficient (Wildman–Crippen LogP) is 1.54. The van der Waals surface area contributed by atoms with Crippen LogP contribution in [0.15, 0.2) is 4.52 Å². The molecule has 1 fully saturated rings. The second kappa shape index (κ2) is 4.96. The van der Waals surface area contributed by atoms with Crippen molar-refractivity contribution in [2.45, 2.75) is 39.7 Å². The molecule has 0 amide bonds. The van der Waals surface area contributed by atoms with Crippen molar-refractivity contribution in [3.63, 3.8) is 0 Å². The lowest BCUT2D eigenvalue weighted by molar-refractivity contribution is 0.0972. The molecule has 0 N–H and O–H groups in total. The Balaban J connectivity index is 1.91. The molecule has 1 saturated heterocycles. The van der Waals surface area contributed by atoms with E-state index in [1.807, 2.05) is 0 Å². The molecule has 5 nitrogen and oxygen atoms in total. The van der Waals surface area contributed by atoms with Crippen LogP contribution in [0.25, 0.3) is 0 Å². The summed E-state index contributed by atoms with van der Waals surface area (Å²) in [6.45, 7) is 8.09. The number of nitrogens with zero attached hydrogens (tertiary/aromatic N) is 3. The maximum Gasteiger partial charge on any atom is 0.293 e. The highest BCUT2D eigenvalue weighted by Gasteiger charge is 2.25. The third-order valence-corrected chi connectivity index (χ3v) is 3.29. The second-order valence-corrected chi connectivity index (χ2v) is 5.02. The van der Waals surface area contributed by atoms with Gasteiger partial charge in [-0.1, -0.05) is 5.16 Å². The van der Waals surface area contributed by atoms with E-state index in [-0.39, 0.29) is 11.7 Å². The van der Waals surface area contributed by atoms with Crippen molar-refractivity contribution >= 4 is 5.78 Å². The molecule has 0 aliphatic carbocycles. The van der Waals surface area contributed by atoms with Crippen molar-refractivity contribution in [1.29, 1.82) is 0 Å². The van der Waals surface area contributed by atoms with E-state index in [0.29, 0.717) is 17.8 Å². The molecular formula is C12H19N3O2. The van der Waals surface area contributed by atoms with Gasteiger partial charge in [-0.2, -0.15) is 4.98 Å². The lowest BCUT2D eigenvalue weighted by Crippen LogP contribution is -2.28. The highest BCUT2D eigenvalue weighted by atomic mass is 16.5. The number of hydrogen-bond acceptors (Lipinski definition) is 5. The summed E-state index contributed by atoms with van der Waals surface area (Å²) >= 11 is 0. The minimum atomic E-state index is -0.168. The molecule has 1 aliphatic rings. The van der Waals surface area contributed by atoms with Crippen LogP contribution in [-0.2, 0) is 6.42 Å². The Morgan fingerprint density at radius 3 is 2.88 bits per heavy atom. The molecule has 0 aromatic carbocycles. The highest BCUT2D eigenvalue weighted by Crippen LogP contribution is 2.21. The summed E-state index contributed by atoms with van der Waals surface area (Å²) < 4.78 is 4.89. The first-order chi connectivity index (χ1) is 8.06. The van der Waals surface area contributed by atoms with Crippen LogP contribution < -0.4 is 0 Å². The molecule has 5 heteroatoms. The smallest absolute Gasteiger partial charge is 0.293 e. The van der Waals surface area contributed by atoms with Crippen LogP contribution in [0, 0.1) is 5.92 Å². The molecule has 0 radical (unpaired) electrons. The normalized spacial score (nSPS) is 21.3. The fourth-order valence-electron chi connectivity index (χ4n) is 2.24. The van der Waals surface area contributed by atoms with Crippen molar-refractivity contribution in [2.24, 2.45) is 5.92 Å². The zero-order valence-electron chi connectivity index (χ0n) is 10.6. The van der Waals surface area contributed by atoms with Crippen LogP contribution in [0.5, 0.6) is 0 Å². The lowest BCUT2D eigenvalue weighted by atomic mass is 10.1. The number of carbonyl (C=O) groups excluding carboxylic acids is 1. The van der Waals surface area contributed by atoms with E-state index >= 15 is 0 Å². The Hall–Kier alpha value is -1.23. The Labute approximate surface area is 101 Å². The number of carbonyl (C=O) groups is 1. The first kappa shape index (κ1) is 12.2. The molecule has 0 saturated carbocycles. The summed E-state index contributed by atoms with van der Waals surface area (Å²) in [6, 6.07) is 0.595. The van der Waals surface area contributed by atoms with Crippen molar-refractivity contribution in [3.8, 4) is 0 Å². The van der Waals surface area contributed by atoms with Gasteiger partial charge in [0.15, 0.2) is 5.82 Å². The van der Waals surface area contributed by atoms with Crippen molar-refractivity contribution in [1.82, 2.24) is 15.0 Å².